The third kappa shape index (κ3) is 3.08. The number of anilines is 1. The summed E-state index contributed by atoms with van der Waals surface area (Å²) in [6, 6.07) is 1.77. The van der Waals surface area contributed by atoms with Crippen LogP contribution in [0.25, 0.3) is 0 Å². The summed E-state index contributed by atoms with van der Waals surface area (Å²) in [5.74, 6) is 0.0463. The fraction of sp³-hybridized carbons (Fsp3) is 0.333. The Morgan fingerprint density at radius 3 is 2.84 bits per heavy atom. The van der Waals surface area contributed by atoms with Crippen LogP contribution in [0.2, 0.25) is 5.15 Å². The Hall–Kier alpha value is -1.95. The molecule has 0 bridgehead atoms. The van der Waals surface area contributed by atoms with Gasteiger partial charge >= 0.3 is 0 Å². The predicted molar refractivity (Wildman–Crippen MR) is 72.3 cm³/mol. The molecule has 100 valence electrons. The zero-order valence-corrected chi connectivity index (χ0v) is 11.5. The van der Waals surface area contributed by atoms with Gasteiger partial charge in [0.2, 0.25) is 0 Å². The summed E-state index contributed by atoms with van der Waals surface area (Å²) in [5.41, 5.74) is 1.38. The lowest BCUT2D eigenvalue weighted by atomic mass is 10.3. The van der Waals surface area contributed by atoms with E-state index >= 15 is 0 Å². The average Bonchev–Trinajstić information content (AvgIpc) is 2.82. The number of nitrogens with zero attached hydrogens (tertiary/aromatic N) is 4. The fourth-order valence-corrected chi connectivity index (χ4v) is 1.80. The molecule has 0 aromatic carbocycles. The third-order valence-corrected chi connectivity index (χ3v) is 2.75. The number of hydrogen-bond acceptors (Lipinski definition) is 4. The normalized spacial score (nSPS) is 10.5. The van der Waals surface area contributed by atoms with Gasteiger partial charge in [-0.2, -0.15) is 5.10 Å². The molecule has 2 heterocycles. The maximum atomic E-state index is 12.2. The Bertz CT molecular complexity index is 596. The molecule has 2 aromatic rings. The van der Waals surface area contributed by atoms with Crippen LogP contribution in [0.4, 0.5) is 5.82 Å². The van der Waals surface area contributed by atoms with Gasteiger partial charge in [0.15, 0.2) is 5.82 Å². The van der Waals surface area contributed by atoms with Crippen LogP contribution in [0.1, 0.15) is 30.0 Å². The van der Waals surface area contributed by atoms with Crippen LogP contribution in [0, 0.1) is 0 Å². The number of aromatic nitrogens is 4. The van der Waals surface area contributed by atoms with E-state index in [1.54, 1.807) is 10.7 Å². The molecule has 19 heavy (non-hydrogen) atoms. The van der Waals surface area contributed by atoms with Crippen molar-refractivity contribution in [3.8, 4) is 0 Å². The molecule has 0 spiro atoms. The highest BCUT2D eigenvalue weighted by atomic mass is 35.5. The van der Waals surface area contributed by atoms with Crippen molar-refractivity contribution in [2.45, 2.75) is 26.8 Å². The SMILES string of the molecule is CCc1cc(C(=O)Nc2cncc(Cl)n2)n(CC)n1. The van der Waals surface area contributed by atoms with E-state index < -0.39 is 0 Å². The molecule has 0 radical (unpaired) electrons. The summed E-state index contributed by atoms with van der Waals surface area (Å²) in [6.45, 7) is 4.55. The van der Waals surface area contributed by atoms with Crippen LogP contribution < -0.4 is 5.32 Å². The molecule has 0 unspecified atom stereocenters. The van der Waals surface area contributed by atoms with E-state index in [9.17, 15) is 4.79 Å². The third-order valence-electron chi connectivity index (χ3n) is 2.57. The Morgan fingerprint density at radius 2 is 2.21 bits per heavy atom. The molecule has 0 fully saturated rings. The molecule has 7 heteroatoms. The van der Waals surface area contributed by atoms with Crippen molar-refractivity contribution in [3.05, 3.63) is 35.0 Å². The van der Waals surface area contributed by atoms with E-state index in [1.807, 2.05) is 13.8 Å². The maximum Gasteiger partial charge on any atom is 0.275 e. The van der Waals surface area contributed by atoms with Crippen molar-refractivity contribution < 1.29 is 4.79 Å². The Labute approximate surface area is 115 Å². The number of carbonyl (C=O) groups excluding carboxylic acids is 1. The highest BCUT2D eigenvalue weighted by Crippen LogP contribution is 2.11. The summed E-state index contributed by atoms with van der Waals surface area (Å²) in [6.07, 6.45) is 3.63. The molecule has 6 nitrogen and oxygen atoms in total. The van der Waals surface area contributed by atoms with Crippen LogP contribution in [-0.4, -0.2) is 25.7 Å². The second kappa shape index (κ2) is 5.79. The number of hydrogen-bond donors (Lipinski definition) is 1. The van der Waals surface area contributed by atoms with E-state index in [0.29, 0.717) is 18.1 Å². The molecular formula is C12H14ClN5O. The van der Waals surface area contributed by atoms with Gasteiger partial charge in [0.25, 0.3) is 5.91 Å². The number of halogens is 1. The maximum absolute atomic E-state index is 12.2. The lowest BCUT2D eigenvalue weighted by Crippen LogP contribution is -2.18. The topological polar surface area (TPSA) is 72.7 Å². The van der Waals surface area contributed by atoms with E-state index in [2.05, 4.69) is 20.4 Å². The number of nitrogens with one attached hydrogen (secondary N) is 1. The monoisotopic (exact) mass is 279 g/mol. The Balaban J connectivity index is 2.22. The van der Waals surface area contributed by atoms with Gasteiger partial charge in [-0.25, -0.2) is 4.98 Å². The Kier molecular flexibility index (Phi) is 4.11. The number of amides is 1. The van der Waals surface area contributed by atoms with Crippen LogP contribution in [0.15, 0.2) is 18.5 Å². The van der Waals surface area contributed by atoms with Crippen LogP contribution in [-0.2, 0) is 13.0 Å². The molecule has 0 aliphatic rings. The minimum absolute atomic E-state index is 0.232. The van der Waals surface area contributed by atoms with E-state index in [4.69, 9.17) is 11.6 Å². The molecule has 0 saturated heterocycles. The molecule has 1 N–H and O–H groups in total. The van der Waals surface area contributed by atoms with Crippen molar-refractivity contribution in [2.24, 2.45) is 0 Å². The van der Waals surface area contributed by atoms with Crippen LogP contribution >= 0.6 is 11.6 Å². The lowest BCUT2D eigenvalue weighted by molar-refractivity contribution is 0.101. The number of rotatable bonds is 4. The standard InChI is InChI=1S/C12H14ClN5O/c1-3-8-5-9(18(4-2)17-8)12(19)16-11-7-14-6-10(13)15-11/h5-7H,3-4H2,1-2H3,(H,15,16,19). The van der Waals surface area contributed by atoms with E-state index in [0.717, 1.165) is 12.1 Å². The van der Waals surface area contributed by atoms with Gasteiger partial charge in [0.05, 0.1) is 18.1 Å². The van der Waals surface area contributed by atoms with Gasteiger partial charge in [-0.15, -0.1) is 0 Å². The predicted octanol–water partition coefficient (Wildman–Crippen LogP) is 2.16. The Morgan fingerprint density at radius 1 is 1.42 bits per heavy atom. The molecule has 0 aliphatic carbocycles. The minimum atomic E-state index is -0.273. The number of aryl methyl sites for hydroxylation is 2. The molecule has 1 amide bonds. The van der Waals surface area contributed by atoms with Gasteiger partial charge in [0, 0.05) is 6.54 Å². The average molecular weight is 280 g/mol. The zero-order valence-electron chi connectivity index (χ0n) is 10.7. The van der Waals surface area contributed by atoms with Crippen molar-refractivity contribution in [3.63, 3.8) is 0 Å². The minimum Gasteiger partial charge on any atom is -0.304 e. The summed E-state index contributed by atoms with van der Waals surface area (Å²) < 4.78 is 1.66. The molecule has 0 saturated carbocycles. The van der Waals surface area contributed by atoms with E-state index in [1.165, 1.54) is 12.4 Å². The van der Waals surface area contributed by atoms with Gasteiger partial charge in [-0.05, 0) is 19.4 Å². The van der Waals surface area contributed by atoms with Crippen molar-refractivity contribution in [1.29, 1.82) is 0 Å². The van der Waals surface area contributed by atoms with Gasteiger partial charge in [0.1, 0.15) is 10.8 Å². The van der Waals surface area contributed by atoms with Crippen LogP contribution in [0.5, 0.6) is 0 Å². The summed E-state index contributed by atoms with van der Waals surface area (Å²) >= 11 is 5.72. The van der Waals surface area contributed by atoms with Crippen molar-refractivity contribution in [2.75, 3.05) is 5.32 Å². The summed E-state index contributed by atoms with van der Waals surface area (Å²) in [4.78, 5) is 20.0. The van der Waals surface area contributed by atoms with Crippen molar-refractivity contribution >= 4 is 23.3 Å². The van der Waals surface area contributed by atoms with E-state index in [-0.39, 0.29) is 11.1 Å². The summed E-state index contributed by atoms with van der Waals surface area (Å²) in [5, 5.41) is 7.21. The fourth-order valence-electron chi connectivity index (χ4n) is 1.65. The second-order valence-corrected chi connectivity index (χ2v) is 4.26. The van der Waals surface area contributed by atoms with Gasteiger partial charge in [-0.1, -0.05) is 18.5 Å². The first-order chi connectivity index (χ1) is 9.13. The van der Waals surface area contributed by atoms with Gasteiger partial charge in [-0.3, -0.25) is 14.5 Å². The molecule has 2 aromatic heterocycles. The highest BCUT2D eigenvalue weighted by Gasteiger charge is 2.14. The molecule has 0 atom stereocenters. The van der Waals surface area contributed by atoms with Crippen LogP contribution in [0.3, 0.4) is 0 Å². The first-order valence-corrected chi connectivity index (χ1v) is 6.37. The summed E-state index contributed by atoms with van der Waals surface area (Å²) in [7, 11) is 0. The quantitative estimate of drug-likeness (QED) is 0.931. The highest BCUT2D eigenvalue weighted by molar-refractivity contribution is 6.29. The molecule has 2 rings (SSSR count). The first-order valence-electron chi connectivity index (χ1n) is 5.99. The molecule has 0 aliphatic heterocycles. The number of carbonyl (C=O) groups is 1. The van der Waals surface area contributed by atoms with Crippen molar-refractivity contribution in [1.82, 2.24) is 19.7 Å². The largest absolute Gasteiger partial charge is 0.304 e. The van der Waals surface area contributed by atoms with Gasteiger partial charge < -0.3 is 5.32 Å². The second-order valence-electron chi connectivity index (χ2n) is 3.87. The first kappa shape index (κ1) is 13.5. The zero-order chi connectivity index (χ0) is 13.8. The molecular weight excluding hydrogens is 266 g/mol. The smallest absolute Gasteiger partial charge is 0.275 e. The lowest BCUT2D eigenvalue weighted by Gasteiger charge is -2.05.